The number of aryl methyl sites for hydroxylation is 1. The molecule has 1 aliphatic rings. The number of nitrogens with zero attached hydrogens (tertiary/aromatic N) is 2. The van der Waals surface area contributed by atoms with Crippen LogP contribution in [0.2, 0.25) is 0 Å². The fourth-order valence-electron chi connectivity index (χ4n) is 2.34. The molecule has 1 saturated carbocycles. The van der Waals surface area contributed by atoms with Crippen LogP contribution in [0.5, 0.6) is 0 Å². The van der Waals surface area contributed by atoms with E-state index in [4.69, 9.17) is 0 Å². The number of aromatic nitrogens is 2. The predicted octanol–water partition coefficient (Wildman–Crippen LogP) is 3.39. The minimum absolute atomic E-state index is 0.700. The Morgan fingerprint density at radius 1 is 1.33 bits per heavy atom. The van der Waals surface area contributed by atoms with Gasteiger partial charge in [0.1, 0.15) is 0 Å². The van der Waals surface area contributed by atoms with Gasteiger partial charge in [0.15, 0.2) is 0 Å². The molecule has 0 aliphatic heterocycles. The Hall–Kier alpha value is -1.77. The first-order chi connectivity index (χ1) is 8.88. The van der Waals surface area contributed by atoms with Crippen LogP contribution < -0.4 is 5.32 Å². The number of benzene rings is 1. The molecule has 1 N–H and O–H groups in total. The molecule has 2 aromatic rings. The molecule has 3 heteroatoms. The van der Waals surface area contributed by atoms with Gasteiger partial charge in [-0.3, -0.25) is 0 Å². The highest BCUT2D eigenvalue weighted by molar-refractivity contribution is 5.51. The van der Waals surface area contributed by atoms with E-state index in [1.54, 1.807) is 0 Å². The number of para-hydroxylation sites is 1. The van der Waals surface area contributed by atoms with Gasteiger partial charge in [0.2, 0.25) is 0 Å². The van der Waals surface area contributed by atoms with Gasteiger partial charge < -0.3 is 9.88 Å². The second-order valence-electron chi connectivity index (χ2n) is 4.89. The maximum absolute atomic E-state index is 4.26. The van der Waals surface area contributed by atoms with Crippen LogP contribution in [0.3, 0.4) is 0 Å². The minimum Gasteiger partial charge on any atom is -0.379 e. The van der Waals surface area contributed by atoms with E-state index in [0.717, 1.165) is 13.0 Å². The molecule has 0 radical (unpaired) electrons. The second kappa shape index (κ2) is 4.84. The SMILES string of the molecule is CCc1ccccc1NCc1cncn1C1CC1. The highest BCUT2D eigenvalue weighted by Crippen LogP contribution is 2.35. The topological polar surface area (TPSA) is 29.9 Å². The second-order valence-corrected chi connectivity index (χ2v) is 4.89. The summed E-state index contributed by atoms with van der Waals surface area (Å²) in [6.07, 6.45) is 7.59. The molecule has 1 aromatic heterocycles. The van der Waals surface area contributed by atoms with Crippen molar-refractivity contribution in [1.82, 2.24) is 9.55 Å². The summed E-state index contributed by atoms with van der Waals surface area (Å²) in [6.45, 7) is 3.04. The van der Waals surface area contributed by atoms with E-state index in [0.29, 0.717) is 6.04 Å². The van der Waals surface area contributed by atoms with E-state index >= 15 is 0 Å². The zero-order valence-electron chi connectivity index (χ0n) is 10.8. The molecule has 18 heavy (non-hydrogen) atoms. The van der Waals surface area contributed by atoms with Crippen molar-refractivity contribution in [3.05, 3.63) is 48.0 Å². The molecule has 0 spiro atoms. The fraction of sp³-hybridized carbons (Fsp3) is 0.400. The average molecular weight is 241 g/mol. The van der Waals surface area contributed by atoms with Gasteiger partial charge in [0.25, 0.3) is 0 Å². The Labute approximate surface area is 108 Å². The molecule has 3 nitrogen and oxygen atoms in total. The maximum atomic E-state index is 4.26. The summed E-state index contributed by atoms with van der Waals surface area (Å²) in [5.74, 6) is 0. The molecular formula is C15H19N3. The number of nitrogens with one attached hydrogen (secondary N) is 1. The quantitative estimate of drug-likeness (QED) is 0.869. The van der Waals surface area contributed by atoms with Crippen LogP contribution in [0.4, 0.5) is 5.69 Å². The zero-order valence-corrected chi connectivity index (χ0v) is 10.8. The van der Waals surface area contributed by atoms with Gasteiger partial charge in [-0.05, 0) is 30.9 Å². The molecular weight excluding hydrogens is 222 g/mol. The molecule has 1 aromatic carbocycles. The standard InChI is InChI=1S/C15H19N3/c1-2-12-5-3-4-6-15(12)17-10-14-9-16-11-18(14)13-7-8-13/h3-6,9,11,13,17H,2,7-8,10H2,1H3. The third kappa shape index (κ3) is 2.26. The Kier molecular flexibility index (Phi) is 3.05. The Morgan fingerprint density at radius 3 is 2.94 bits per heavy atom. The van der Waals surface area contributed by atoms with Crippen LogP contribution >= 0.6 is 0 Å². The number of anilines is 1. The first kappa shape index (κ1) is 11.3. The van der Waals surface area contributed by atoms with E-state index in [-0.39, 0.29) is 0 Å². The summed E-state index contributed by atoms with van der Waals surface area (Å²) in [4.78, 5) is 4.26. The van der Waals surface area contributed by atoms with E-state index in [1.165, 1.54) is 29.8 Å². The molecule has 0 unspecified atom stereocenters. The van der Waals surface area contributed by atoms with Gasteiger partial charge in [-0.1, -0.05) is 25.1 Å². The number of rotatable bonds is 5. The van der Waals surface area contributed by atoms with Crippen LogP contribution in [0.1, 0.15) is 37.1 Å². The van der Waals surface area contributed by atoms with Crippen molar-refractivity contribution < 1.29 is 0 Å². The first-order valence-electron chi connectivity index (χ1n) is 6.71. The lowest BCUT2D eigenvalue weighted by atomic mass is 10.1. The molecule has 0 saturated heterocycles. The predicted molar refractivity (Wildman–Crippen MR) is 73.6 cm³/mol. The van der Waals surface area contributed by atoms with Gasteiger partial charge in [-0.25, -0.2) is 4.98 Å². The van der Waals surface area contributed by atoms with Gasteiger partial charge >= 0.3 is 0 Å². The molecule has 0 bridgehead atoms. The van der Waals surface area contributed by atoms with Crippen molar-refractivity contribution in [2.45, 2.75) is 38.8 Å². The van der Waals surface area contributed by atoms with Crippen molar-refractivity contribution >= 4 is 5.69 Å². The van der Waals surface area contributed by atoms with Crippen LogP contribution in [-0.2, 0) is 13.0 Å². The Balaban J connectivity index is 1.71. The third-order valence-electron chi connectivity index (χ3n) is 3.54. The van der Waals surface area contributed by atoms with Crippen LogP contribution in [-0.4, -0.2) is 9.55 Å². The lowest BCUT2D eigenvalue weighted by Gasteiger charge is -2.12. The lowest BCUT2D eigenvalue weighted by molar-refractivity contribution is 0.701. The Morgan fingerprint density at radius 2 is 2.17 bits per heavy atom. The number of imidazole rings is 1. The summed E-state index contributed by atoms with van der Waals surface area (Å²) >= 11 is 0. The number of hydrogen-bond donors (Lipinski definition) is 1. The summed E-state index contributed by atoms with van der Waals surface area (Å²) in [6, 6.07) is 9.21. The van der Waals surface area contributed by atoms with Gasteiger partial charge in [-0.2, -0.15) is 0 Å². The first-order valence-corrected chi connectivity index (χ1v) is 6.71. The fourth-order valence-corrected chi connectivity index (χ4v) is 2.34. The van der Waals surface area contributed by atoms with Crippen molar-refractivity contribution in [2.24, 2.45) is 0 Å². The summed E-state index contributed by atoms with van der Waals surface area (Å²) in [5, 5.41) is 3.53. The highest BCUT2D eigenvalue weighted by atomic mass is 15.1. The third-order valence-corrected chi connectivity index (χ3v) is 3.54. The highest BCUT2D eigenvalue weighted by Gasteiger charge is 2.24. The molecule has 0 amide bonds. The van der Waals surface area contributed by atoms with Gasteiger partial charge in [-0.15, -0.1) is 0 Å². The van der Waals surface area contributed by atoms with E-state index in [9.17, 15) is 0 Å². The Bertz CT molecular complexity index is 526. The maximum Gasteiger partial charge on any atom is 0.0951 e. The van der Waals surface area contributed by atoms with Gasteiger partial charge in [0.05, 0.1) is 18.6 Å². The zero-order chi connectivity index (χ0) is 12.4. The van der Waals surface area contributed by atoms with E-state index < -0.39 is 0 Å². The van der Waals surface area contributed by atoms with Crippen LogP contribution in [0.15, 0.2) is 36.8 Å². The molecule has 1 fully saturated rings. The van der Waals surface area contributed by atoms with Gasteiger partial charge in [0, 0.05) is 17.9 Å². The largest absolute Gasteiger partial charge is 0.379 e. The molecule has 1 heterocycles. The smallest absolute Gasteiger partial charge is 0.0951 e. The molecule has 0 atom stereocenters. The van der Waals surface area contributed by atoms with Crippen molar-refractivity contribution in [1.29, 1.82) is 0 Å². The average Bonchev–Trinajstić information content (AvgIpc) is 3.16. The van der Waals surface area contributed by atoms with Crippen molar-refractivity contribution in [3.8, 4) is 0 Å². The van der Waals surface area contributed by atoms with Crippen molar-refractivity contribution in [2.75, 3.05) is 5.32 Å². The summed E-state index contributed by atoms with van der Waals surface area (Å²) in [7, 11) is 0. The normalized spacial score (nSPS) is 14.7. The number of hydrogen-bond acceptors (Lipinski definition) is 2. The molecule has 3 rings (SSSR count). The monoisotopic (exact) mass is 241 g/mol. The lowest BCUT2D eigenvalue weighted by Crippen LogP contribution is -2.07. The minimum atomic E-state index is 0.700. The molecule has 94 valence electrons. The van der Waals surface area contributed by atoms with E-state index in [1.807, 2.05) is 12.5 Å². The van der Waals surface area contributed by atoms with Crippen LogP contribution in [0, 0.1) is 0 Å². The van der Waals surface area contributed by atoms with E-state index in [2.05, 4.69) is 46.1 Å². The molecule has 1 aliphatic carbocycles. The van der Waals surface area contributed by atoms with Crippen molar-refractivity contribution in [3.63, 3.8) is 0 Å². The summed E-state index contributed by atoms with van der Waals surface area (Å²) in [5.41, 5.74) is 3.89. The van der Waals surface area contributed by atoms with Crippen LogP contribution in [0.25, 0.3) is 0 Å². The summed E-state index contributed by atoms with van der Waals surface area (Å²) < 4.78 is 2.31.